The first-order chi connectivity index (χ1) is 15.1. The minimum atomic E-state index is 0.0676. The molecule has 2 saturated heterocycles. The second-order valence-corrected chi connectivity index (χ2v) is 9.57. The van der Waals surface area contributed by atoms with Gasteiger partial charge in [-0.15, -0.1) is 11.3 Å². The summed E-state index contributed by atoms with van der Waals surface area (Å²) in [5, 5.41) is 3.43. The lowest BCUT2D eigenvalue weighted by atomic mass is 9.94. The molecule has 0 spiro atoms. The van der Waals surface area contributed by atoms with Crippen molar-refractivity contribution in [3.05, 3.63) is 45.4 Å². The fourth-order valence-corrected chi connectivity index (χ4v) is 5.02. The molecule has 4 rings (SSSR count). The van der Waals surface area contributed by atoms with Crippen LogP contribution in [-0.4, -0.2) is 52.8 Å². The van der Waals surface area contributed by atoms with E-state index < -0.39 is 0 Å². The van der Waals surface area contributed by atoms with Crippen molar-refractivity contribution in [2.24, 2.45) is 5.92 Å². The van der Waals surface area contributed by atoms with E-state index in [0.29, 0.717) is 31.1 Å². The van der Waals surface area contributed by atoms with Gasteiger partial charge in [-0.05, 0) is 56.4 Å². The van der Waals surface area contributed by atoms with E-state index in [9.17, 15) is 9.59 Å². The van der Waals surface area contributed by atoms with Crippen LogP contribution in [0.15, 0.2) is 29.6 Å². The largest absolute Gasteiger partial charge is 0.486 e. The summed E-state index contributed by atoms with van der Waals surface area (Å²) >= 11 is 7.38. The average molecular weight is 462 g/mol. The molecule has 6 nitrogen and oxygen atoms in total. The van der Waals surface area contributed by atoms with Crippen LogP contribution in [0.4, 0.5) is 0 Å². The van der Waals surface area contributed by atoms with Crippen molar-refractivity contribution in [1.82, 2.24) is 14.8 Å². The second kappa shape index (κ2) is 10.5. The van der Waals surface area contributed by atoms with Crippen molar-refractivity contribution in [3.8, 4) is 5.75 Å². The van der Waals surface area contributed by atoms with E-state index in [4.69, 9.17) is 16.3 Å². The first kappa shape index (κ1) is 22.1. The molecule has 0 saturated carbocycles. The molecule has 3 heterocycles. The van der Waals surface area contributed by atoms with Crippen LogP contribution in [0.3, 0.4) is 0 Å². The Kier molecular flexibility index (Phi) is 7.45. The zero-order valence-electron chi connectivity index (χ0n) is 17.6. The predicted octanol–water partition coefficient (Wildman–Crippen LogP) is 4.17. The summed E-state index contributed by atoms with van der Waals surface area (Å²) in [4.78, 5) is 33.9. The summed E-state index contributed by atoms with van der Waals surface area (Å²) in [6.07, 6.45) is 5.27. The smallest absolute Gasteiger partial charge is 0.228 e. The van der Waals surface area contributed by atoms with E-state index in [1.165, 1.54) is 17.8 Å². The van der Waals surface area contributed by atoms with Crippen LogP contribution < -0.4 is 4.74 Å². The molecule has 2 aliphatic rings. The van der Waals surface area contributed by atoms with Gasteiger partial charge in [0.15, 0.2) is 0 Å². The molecular formula is C23H28ClN3O3S. The zero-order valence-corrected chi connectivity index (χ0v) is 19.2. The van der Waals surface area contributed by atoms with Gasteiger partial charge < -0.3 is 14.5 Å². The molecule has 8 heteroatoms. The van der Waals surface area contributed by atoms with Crippen LogP contribution >= 0.6 is 22.9 Å². The molecule has 31 heavy (non-hydrogen) atoms. The van der Waals surface area contributed by atoms with Crippen LogP contribution in [0.5, 0.6) is 5.75 Å². The molecule has 2 aromatic rings. The molecule has 0 N–H and O–H groups in total. The van der Waals surface area contributed by atoms with E-state index in [-0.39, 0.29) is 17.7 Å². The molecule has 2 fully saturated rings. The molecule has 1 aromatic heterocycles. The lowest BCUT2D eigenvalue weighted by Crippen LogP contribution is -2.46. The monoisotopic (exact) mass is 461 g/mol. The first-order valence-corrected chi connectivity index (χ1v) is 12.2. The van der Waals surface area contributed by atoms with E-state index in [1.54, 1.807) is 12.1 Å². The molecule has 2 aliphatic heterocycles. The van der Waals surface area contributed by atoms with Crippen molar-refractivity contribution < 1.29 is 14.3 Å². The number of nitrogens with zero attached hydrogens (tertiary/aromatic N) is 3. The van der Waals surface area contributed by atoms with Gasteiger partial charge in [0.05, 0.1) is 12.1 Å². The van der Waals surface area contributed by atoms with Crippen molar-refractivity contribution in [3.63, 3.8) is 0 Å². The number of likely N-dealkylation sites (tertiary alicyclic amines) is 2. The second-order valence-electron chi connectivity index (χ2n) is 8.19. The summed E-state index contributed by atoms with van der Waals surface area (Å²) in [6, 6.07) is 7.21. The topological polar surface area (TPSA) is 62.7 Å². The molecular weight excluding hydrogens is 434 g/mol. The lowest BCUT2D eigenvalue weighted by Gasteiger charge is -2.35. The maximum Gasteiger partial charge on any atom is 0.228 e. The van der Waals surface area contributed by atoms with Gasteiger partial charge in [0.25, 0.3) is 0 Å². The van der Waals surface area contributed by atoms with Gasteiger partial charge in [0, 0.05) is 42.5 Å². The van der Waals surface area contributed by atoms with Crippen LogP contribution in [0.1, 0.15) is 42.8 Å². The number of hydrogen-bond acceptors (Lipinski definition) is 5. The van der Waals surface area contributed by atoms with Crippen molar-refractivity contribution in [1.29, 1.82) is 0 Å². The number of piperidine rings is 2. The van der Waals surface area contributed by atoms with E-state index in [2.05, 4.69) is 4.98 Å². The molecule has 166 valence electrons. The third-order valence-corrected chi connectivity index (χ3v) is 7.10. The van der Waals surface area contributed by atoms with Gasteiger partial charge in [-0.25, -0.2) is 4.98 Å². The predicted molar refractivity (Wildman–Crippen MR) is 121 cm³/mol. The number of halogens is 1. The highest BCUT2D eigenvalue weighted by Gasteiger charge is 2.30. The number of amides is 2. The Hall–Kier alpha value is -2.12. The summed E-state index contributed by atoms with van der Waals surface area (Å²) in [7, 11) is 0. The van der Waals surface area contributed by atoms with Gasteiger partial charge in [0.1, 0.15) is 17.4 Å². The number of carbonyl (C=O) groups excluding carboxylic acids is 2. The summed E-state index contributed by atoms with van der Waals surface area (Å²) in [6.45, 7) is 3.46. The van der Waals surface area contributed by atoms with Crippen LogP contribution in [0, 0.1) is 5.92 Å². The molecule has 0 unspecified atom stereocenters. The third-order valence-electron chi connectivity index (χ3n) is 5.97. The molecule has 0 aliphatic carbocycles. The highest BCUT2D eigenvalue weighted by Crippen LogP contribution is 2.23. The number of rotatable bonds is 6. The quantitative estimate of drug-likeness (QED) is 0.647. The van der Waals surface area contributed by atoms with Gasteiger partial charge in [-0.2, -0.15) is 0 Å². The number of ether oxygens (including phenoxy) is 1. The fraction of sp³-hybridized carbons (Fsp3) is 0.522. The van der Waals surface area contributed by atoms with Crippen molar-refractivity contribution in [2.75, 3.05) is 26.2 Å². The van der Waals surface area contributed by atoms with Crippen molar-refractivity contribution >= 4 is 34.8 Å². The fourth-order valence-electron chi connectivity index (χ4n) is 4.19. The Labute approximate surface area is 192 Å². The number of benzene rings is 1. The SMILES string of the molecule is O=C(Cc1csc(COc2ccc(Cl)cc2)n1)N1CCC(C(=O)N2CCCCC2)CC1. The zero-order chi connectivity index (χ0) is 21.6. The van der Waals surface area contributed by atoms with E-state index in [0.717, 1.165) is 55.2 Å². The van der Waals surface area contributed by atoms with E-state index >= 15 is 0 Å². The molecule has 2 amide bonds. The number of aromatic nitrogens is 1. The highest BCUT2D eigenvalue weighted by atomic mass is 35.5. The standard InChI is InChI=1S/C23H28ClN3O3S/c24-18-4-6-20(7-5-18)30-15-21-25-19(16-31-21)14-22(28)26-12-8-17(9-13-26)23(29)27-10-2-1-3-11-27/h4-7,16-17H,1-3,8-15H2. The minimum Gasteiger partial charge on any atom is -0.486 e. The molecule has 0 radical (unpaired) electrons. The number of hydrogen-bond donors (Lipinski definition) is 0. The Morgan fingerprint density at radius 2 is 1.74 bits per heavy atom. The Balaban J connectivity index is 1.22. The third kappa shape index (κ3) is 5.98. The van der Waals surface area contributed by atoms with Gasteiger partial charge >= 0.3 is 0 Å². The molecule has 0 bridgehead atoms. The first-order valence-electron chi connectivity index (χ1n) is 11.0. The Morgan fingerprint density at radius 3 is 2.45 bits per heavy atom. The summed E-state index contributed by atoms with van der Waals surface area (Å²) in [5.74, 6) is 1.17. The van der Waals surface area contributed by atoms with Gasteiger partial charge in [-0.1, -0.05) is 11.6 Å². The number of thiazole rings is 1. The van der Waals surface area contributed by atoms with Crippen LogP contribution in [0.25, 0.3) is 0 Å². The lowest BCUT2D eigenvalue weighted by molar-refractivity contribution is -0.141. The molecule has 1 aromatic carbocycles. The number of carbonyl (C=O) groups is 2. The van der Waals surface area contributed by atoms with E-state index in [1.807, 2.05) is 27.3 Å². The highest BCUT2D eigenvalue weighted by molar-refractivity contribution is 7.09. The average Bonchev–Trinajstić information content (AvgIpc) is 3.26. The summed E-state index contributed by atoms with van der Waals surface area (Å²) < 4.78 is 5.72. The van der Waals surface area contributed by atoms with Gasteiger partial charge in [0.2, 0.25) is 11.8 Å². The van der Waals surface area contributed by atoms with Crippen LogP contribution in [0.2, 0.25) is 5.02 Å². The summed E-state index contributed by atoms with van der Waals surface area (Å²) in [5.41, 5.74) is 0.774. The minimum absolute atomic E-state index is 0.0676. The Bertz CT molecular complexity index is 888. The van der Waals surface area contributed by atoms with Crippen molar-refractivity contribution in [2.45, 2.75) is 45.1 Å². The van der Waals surface area contributed by atoms with Crippen LogP contribution in [-0.2, 0) is 22.6 Å². The maximum absolute atomic E-state index is 12.7. The Morgan fingerprint density at radius 1 is 1.03 bits per heavy atom. The van der Waals surface area contributed by atoms with Gasteiger partial charge in [-0.3, -0.25) is 9.59 Å². The maximum atomic E-state index is 12.7. The normalized spacial score (nSPS) is 17.6. The molecule has 0 atom stereocenters.